The summed E-state index contributed by atoms with van der Waals surface area (Å²) in [6.45, 7) is 8.91. The number of hydrogen-bond acceptors (Lipinski definition) is 4. The molecular weight excluding hydrogens is 254 g/mol. The fourth-order valence-corrected chi connectivity index (χ4v) is 3.10. The maximum absolute atomic E-state index is 4.86. The molecule has 0 spiro atoms. The van der Waals surface area contributed by atoms with Crippen LogP contribution in [0.3, 0.4) is 0 Å². The van der Waals surface area contributed by atoms with Crippen LogP contribution >= 0.6 is 11.8 Å². The van der Waals surface area contributed by atoms with Gasteiger partial charge >= 0.3 is 0 Å². The number of nitrogens with one attached hydrogen (secondary N) is 1. The van der Waals surface area contributed by atoms with E-state index in [-0.39, 0.29) is 11.5 Å². The summed E-state index contributed by atoms with van der Waals surface area (Å²) in [5, 5.41) is 4.55. The second-order valence-electron chi connectivity index (χ2n) is 6.07. The molecule has 0 radical (unpaired) electrons. The number of rotatable bonds is 2. The molecule has 0 saturated heterocycles. The smallest absolute Gasteiger partial charge is 0.157 e. The summed E-state index contributed by atoms with van der Waals surface area (Å²) < 4.78 is 0. The van der Waals surface area contributed by atoms with Crippen LogP contribution in [0.25, 0.3) is 0 Å². The van der Waals surface area contributed by atoms with Gasteiger partial charge in [-0.25, -0.2) is 0 Å². The van der Waals surface area contributed by atoms with Crippen LogP contribution in [0.4, 0.5) is 0 Å². The second-order valence-corrected chi connectivity index (χ2v) is 7.16. The van der Waals surface area contributed by atoms with E-state index in [0.29, 0.717) is 6.04 Å². The first-order valence-electron chi connectivity index (χ1n) is 6.85. The summed E-state index contributed by atoms with van der Waals surface area (Å²) in [5.74, 6) is 1.14. The highest BCUT2D eigenvalue weighted by atomic mass is 32.2. The number of aromatic nitrogens is 1. The molecule has 1 aromatic heterocycles. The number of hydrogen-bond donors (Lipinski definition) is 1. The summed E-state index contributed by atoms with van der Waals surface area (Å²) in [6, 6.07) is 6.62. The van der Waals surface area contributed by atoms with E-state index in [4.69, 9.17) is 4.99 Å². The third-order valence-electron chi connectivity index (χ3n) is 3.37. The first-order chi connectivity index (χ1) is 8.97. The topological polar surface area (TPSA) is 37.3 Å². The van der Waals surface area contributed by atoms with Crippen LogP contribution in [-0.4, -0.2) is 21.9 Å². The van der Waals surface area contributed by atoms with Crippen LogP contribution in [-0.2, 0) is 0 Å². The molecule has 0 aromatic carbocycles. The lowest BCUT2D eigenvalue weighted by Crippen LogP contribution is -2.34. The molecule has 0 saturated carbocycles. The van der Waals surface area contributed by atoms with Crippen LogP contribution in [0.1, 0.15) is 45.9 Å². The van der Waals surface area contributed by atoms with E-state index < -0.39 is 0 Å². The third kappa shape index (κ3) is 3.96. The Kier molecular flexibility index (Phi) is 4.50. The Labute approximate surface area is 120 Å². The van der Waals surface area contributed by atoms with Gasteiger partial charge in [-0.15, -0.1) is 0 Å². The van der Waals surface area contributed by atoms with Gasteiger partial charge in [-0.05, 0) is 30.9 Å². The van der Waals surface area contributed by atoms with Crippen molar-refractivity contribution in [3.05, 3.63) is 30.1 Å². The van der Waals surface area contributed by atoms with Crippen molar-refractivity contribution in [2.75, 3.05) is 5.75 Å². The fourth-order valence-electron chi connectivity index (χ4n) is 2.11. The summed E-state index contributed by atoms with van der Waals surface area (Å²) in [7, 11) is 0. The average Bonchev–Trinajstić information content (AvgIpc) is 2.39. The van der Waals surface area contributed by atoms with Crippen molar-refractivity contribution in [1.82, 2.24) is 10.3 Å². The van der Waals surface area contributed by atoms with Crippen molar-refractivity contribution in [2.45, 2.75) is 46.2 Å². The molecule has 4 heteroatoms. The lowest BCUT2D eigenvalue weighted by Gasteiger charge is -2.31. The molecule has 2 atom stereocenters. The SMILES string of the molecule is CC(NC1=NC(C(C)(C)C)CCS1)c1ccccn1. The largest absolute Gasteiger partial charge is 0.357 e. The summed E-state index contributed by atoms with van der Waals surface area (Å²) >= 11 is 1.82. The predicted molar refractivity (Wildman–Crippen MR) is 83.5 cm³/mol. The van der Waals surface area contributed by atoms with Crippen molar-refractivity contribution < 1.29 is 0 Å². The minimum absolute atomic E-state index is 0.200. The zero-order chi connectivity index (χ0) is 13.9. The molecule has 1 aliphatic rings. The lowest BCUT2D eigenvalue weighted by molar-refractivity contribution is 0.315. The van der Waals surface area contributed by atoms with Crippen LogP contribution in [0.15, 0.2) is 29.4 Å². The Morgan fingerprint density at radius 2 is 2.16 bits per heavy atom. The van der Waals surface area contributed by atoms with Crippen LogP contribution in [0, 0.1) is 5.41 Å². The minimum Gasteiger partial charge on any atom is -0.357 e. The van der Waals surface area contributed by atoms with Gasteiger partial charge in [0.2, 0.25) is 0 Å². The molecular formula is C15H23N3S. The average molecular weight is 277 g/mol. The summed E-state index contributed by atoms with van der Waals surface area (Å²) in [5.41, 5.74) is 1.30. The summed E-state index contributed by atoms with van der Waals surface area (Å²) in [6.07, 6.45) is 3.00. The van der Waals surface area contributed by atoms with Crippen molar-refractivity contribution in [1.29, 1.82) is 0 Å². The Bertz CT molecular complexity index is 436. The molecule has 104 valence electrons. The molecule has 0 amide bonds. The van der Waals surface area contributed by atoms with E-state index in [1.807, 2.05) is 36.2 Å². The van der Waals surface area contributed by atoms with Gasteiger partial charge in [0.25, 0.3) is 0 Å². The molecule has 2 unspecified atom stereocenters. The van der Waals surface area contributed by atoms with Crippen LogP contribution in [0.5, 0.6) is 0 Å². The predicted octanol–water partition coefficient (Wildman–Crippen LogP) is 3.64. The van der Waals surface area contributed by atoms with Gasteiger partial charge < -0.3 is 5.32 Å². The molecule has 3 nitrogen and oxygen atoms in total. The van der Waals surface area contributed by atoms with Crippen molar-refractivity contribution in [3.63, 3.8) is 0 Å². The maximum atomic E-state index is 4.86. The Hall–Kier alpha value is -1.03. The number of thioether (sulfide) groups is 1. The molecule has 1 N–H and O–H groups in total. The van der Waals surface area contributed by atoms with Crippen LogP contribution < -0.4 is 5.32 Å². The third-order valence-corrected chi connectivity index (χ3v) is 4.31. The number of pyridine rings is 1. The highest BCUT2D eigenvalue weighted by Gasteiger charge is 2.27. The molecule has 0 fully saturated rings. The Morgan fingerprint density at radius 1 is 1.37 bits per heavy atom. The van der Waals surface area contributed by atoms with Gasteiger partial charge in [-0.1, -0.05) is 38.6 Å². The van der Waals surface area contributed by atoms with E-state index >= 15 is 0 Å². The molecule has 1 aliphatic heterocycles. The van der Waals surface area contributed by atoms with Crippen molar-refractivity contribution >= 4 is 16.9 Å². The second kappa shape index (κ2) is 5.95. The van der Waals surface area contributed by atoms with Gasteiger partial charge in [-0.2, -0.15) is 0 Å². The highest BCUT2D eigenvalue weighted by Crippen LogP contribution is 2.30. The minimum atomic E-state index is 0.200. The van der Waals surface area contributed by atoms with Crippen LogP contribution in [0.2, 0.25) is 0 Å². The first-order valence-corrected chi connectivity index (χ1v) is 7.83. The van der Waals surface area contributed by atoms with E-state index in [9.17, 15) is 0 Å². The normalized spacial score (nSPS) is 21.7. The number of nitrogens with zero attached hydrogens (tertiary/aromatic N) is 2. The van der Waals surface area contributed by atoms with Gasteiger partial charge in [0.15, 0.2) is 5.17 Å². The molecule has 19 heavy (non-hydrogen) atoms. The van der Waals surface area contributed by atoms with Gasteiger partial charge in [0, 0.05) is 11.9 Å². The first kappa shape index (κ1) is 14.4. The maximum Gasteiger partial charge on any atom is 0.157 e. The standard InChI is InChI=1S/C15H23N3S/c1-11(12-7-5-6-9-16-12)17-14-18-13(8-10-19-14)15(2,3)4/h5-7,9,11,13H,8,10H2,1-4H3,(H,17,18). The number of aliphatic imine (C=N–C) groups is 1. The van der Waals surface area contributed by atoms with E-state index in [2.05, 4.69) is 38.0 Å². The molecule has 1 aromatic rings. The lowest BCUT2D eigenvalue weighted by atomic mass is 9.85. The van der Waals surface area contributed by atoms with Gasteiger partial charge in [0.1, 0.15) is 0 Å². The van der Waals surface area contributed by atoms with Gasteiger partial charge in [-0.3, -0.25) is 9.98 Å². The fraction of sp³-hybridized carbons (Fsp3) is 0.600. The van der Waals surface area contributed by atoms with Crippen molar-refractivity contribution in [3.8, 4) is 0 Å². The van der Waals surface area contributed by atoms with Gasteiger partial charge in [0.05, 0.1) is 17.8 Å². The summed E-state index contributed by atoms with van der Waals surface area (Å²) in [4.78, 5) is 9.24. The molecule has 0 bridgehead atoms. The Balaban J connectivity index is 2.04. The number of amidine groups is 1. The molecule has 2 rings (SSSR count). The van der Waals surface area contributed by atoms with E-state index in [1.54, 1.807) is 0 Å². The monoisotopic (exact) mass is 277 g/mol. The van der Waals surface area contributed by atoms with E-state index in [0.717, 1.165) is 23.0 Å². The molecule has 2 heterocycles. The highest BCUT2D eigenvalue weighted by molar-refractivity contribution is 8.13. The zero-order valence-corrected chi connectivity index (χ0v) is 13.0. The zero-order valence-electron chi connectivity index (χ0n) is 12.2. The quantitative estimate of drug-likeness (QED) is 0.896. The Morgan fingerprint density at radius 3 is 2.79 bits per heavy atom. The molecule has 0 aliphatic carbocycles. The van der Waals surface area contributed by atoms with E-state index in [1.165, 1.54) is 0 Å². The van der Waals surface area contributed by atoms with Crippen molar-refractivity contribution in [2.24, 2.45) is 10.4 Å².